The fourth-order valence-corrected chi connectivity index (χ4v) is 4.92. The van der Waals surface area contributed by atoms with Crippen molar-refractivity contribution >= 4 is 0 Å². The number of phenolic OH excluding ortho intramolecular Hbond substituents is 4. The SMILES string of the molecule is CC(c1ccc(O)cc1)c1ccc(O)cc1.COc1c(O)cc(C)c(Cc2c(C)cc(O)c(OC)c2C)c1C. The van der Waals surface area contributed by atoms with Gasteiger partial charge in [0.15, 0.2) is 23.0 Å². The normalized spacial score (nSPS) is 10.7. The van der Waals surface area contributed by atoms with Crippen molar-refractivity contribution in [2.24, 2.45) is 0 Å². The molecule has 4 aromatic carbocycles. The van der Waals surface area contributed by atoms with Gasteiger partial charge in [0.2, 0.25) is 0 Å². The van der Waals surface area contributed by atoms with Crippen LogP contribution in [-0.2, 0) is 6.42 Å². The minimum Gasteiger partial charge on any atom is -0.508 e. The molecule has 6 heteroatoms. The summed E-state index contributed by atoms with van der Waals surface area (Å²) >= 11 is 0. The Morgan fingerprint density at radius 3 is 1.23 bits per heavy atom. The molecule has 0 atom stereocenters. The third-order valence-electron chi connectivity index (χ3n) is 7.26. The van der Waals surface area contributed by atoms with E-state index in [0.29, 0.717) is 17.9 Å². The van der Waals surface area contributed by atoms with Crippen LogP contribution in [0.25, 0.3) is 0 Å². The number of rotatable bonds is 6. The topological polar surface area (TPSA) is 99.4 Å². The predicted molar refractivity (Wildman–Crippen MR) is 155 cm³/mol. The lowest BCUT2D eigenvalue weighted by atomic mass is 9.90. The number of phenols is 4. The van der Waals surface area contributed by atoms with E-state index in [1.807, 2.05) is 52.0 Å². The van der Waals surface area contributed by atoms with E-state index in [0.717, 1.165) is 44.5 Å². The van der Waals surface area contributed by atoms with E-state index >= 15 is 0 Å². The summed E-state index contributed by atoms with van der Waals surface area (Å²) in [5.74, 6) is 2.13. The molecule has 0 aliphatic heterocycles. The van der Waals surface area contributed by atoms with Gasteiger partial charge in [0.05, 0.1) is 14.2 Å². The number of ether oxygens (including phenoxy) is 2. The van der Waals surface area contributed by atoms with Gasteiger partial charge in [-0.25, -0.2) is 0 Å². The van der Waals surface area contributed by atoms with Crippen molar-refractivity contribution in [3.05, 3.63) is 105 Å². The van der Waals surface area contributed by atoms with Crippen molar-refractivity contribution in [3.63, 3.8) is 0 Å². The van der Waals surface area contributed by atoms with Gasteiger partial charge >= 0.3 is 0 Å². The molecule has 0 saturated heterocycles. The number of aryl methyl sites for hydroxylation is 2. The Labute approximate surface area is 230 Å². The maximum absolute atomic E-state index is 10.0. The smallest absolute Gasteiger partial charge is 0.163 e. The van der Waals surface area contributed by atoms with Crippen LogP contribution < -0.4 is 9.47 Å². The molecule has 0 aromatic heterocycles. The van der Waals surface area contributed by atoms with Crippen LogP contribution in [0.4, 0.5) is 0 Å². The summed E-state index contributed by atoms with van der Waals surface area (Å²) in [4.78, 5) is 0. The van der Waals surface area contributed by atoms with Crippen LogP contribution in [0.15, 0.2) is 60.7 Å². The van der Waals surface area contributed by atoms with Crippen LogP contribution in [-0.4, -0.2) is 34.6 Å². The lowest BCUT2D eigenvalue weighted by Crippen LogP contribution is -2.03. The Kier molecular flexibility index (Phi) is 9.36. The summed E-state index contributed by atoms with van der Waals surface area (Å²) in [6.45, 7) is 9.94. The zero-order chi connectivity index (χ0) is 28.9. The number of hydrogen-bond donors (Lipinski definition) is 4. The largest absolute Gasteiger partial charge is 0.508 e. The fourth-order valence-electron chi connectivity index (χ4n) is 4.92. The van der Waals surface area contributed by atoms with Crippen LogP contribution in [0.1, 0.15) is 57.3 Å². The van der Waals surface area contributed by atoms with E-state index in [1.165, 1.54) is 0 Å². The lowest BCUT2D eigenvalue weighted by molar-refractivity contribution is 0.369. The van der Waals surface area contributed by atoms with Crippen LogP contribution in [0.5, 0.6) is 34.5 Å². The van der Waals surface area contributed by atoms with E-state index in [1.54, 1.807) is 50.6 Å². The van der Waals surface area contributed by atoms with Crippen molar-refractivity contribution in [2.45, 2.75) is 47.0 Å². The summed E-state index contributed by atoms with van der Waals surface area (Å²) in [5, 5.41) is 38.4. The average Bonchev–Trinajstić information content (AvgIpc) is 2.89. The zero-order valence-electron chi connectivity index (χ0n) is 23.7. The number of aromatic hydroxyl groups is 4. The number of benzene rings is 4. The average molecular weight is 531 g/mol. The second kappa shape index (κ2) is 12.5. The monoisotopic (exact) mass is 530 g/mol. The minimum absolute atomic E-state index is 0.156. The summed E-state index contributed by atoms with van der Waals surface area (Å²) < 4.78 is 10.6. The van der Waals surface area contributed by atoms with Crippen molar-refractivity contribution in [1.82, 2.24) is 0 Å². The molecule has 0 amide bonds. The van der Waals surface area contributed by atoms with Crippen LogP contribution in [0, 0.1) is 27.7 Å². The highest BCUT2D eigenvalue weighted by molar-refractivity contribution is 5.58. The molecule has 0 unspecified atom stereocenters. The molecule has 0 bridgehead atoms. The Bertz CT molecular complexity index is 1310. The van der Waals surface area contributed by atoms with Crippen molar-refractivity contribution in [2.75, 3.05) is 14.2 Å². The van der Waals surface area contributed by atoms with Gasteiger partial charge < -0.3 is 29.9 Å². The quantitative estimate of drug-likeness (QED) is 0.211. The molecule has 0 fully saturated rings. The molecule has 0 saturated carbocycles. The zero-order valence-corrected chi connectivity index (χ0v) is 23.7. The molecule has 6 nitrogen and oxygen atoms in total. The highest BCUT2D eigenvalue weighted by atomic mass is 16.5. The molecule has 4 aromatic rings. The Morgan fingerprint density at radius 1 is 0.590 bits per heavy atom. The molecule has 4 rings (SSSR count). The van der Waals surface area contributed by atoms with Crippen LogP contribution >= 0.6 is 0 Å². The Balaban J connectivity index is 0.000000230. The van der Waals surface area contributed by atoms with Crippen molar-refractivity contribution in [1.29, 1.82) is 0 Å². The van der Waals surface area contributed by atoms with E-state index in [4.69, 9.17) is 9.47 Å². The van der Waals surface area contributed by atoms with Gasteiger partial charge in [0.1, 0.15) is 11.5 Å². The minimum atomic E-state index is 0.156. The summed E-state index contributed by atoms with van der Waals surface area (Å²) in [6, 6.07) is 17.8. The van der Waals surface area contributed by atoms with Gasteiger partial charge in [-0.1, -0.05) is 31.2 Å². The standard InChI is InChI=1S/C19H24O4.C14H14O2/c1-10-7-16(20)18(22-5)12(3)14(10)9-15-11(2)8-17(21)19(23-6)13(15)4;1-10(11-2-6-13(15)7-3-11)12-4-8-14(16)9-5-12/h7-8,20-21H,9H2,1-6H3;2-10,15-16H,1H3. The maximum Gasteiger partial charge on any atom is 0.163 e. The molecule has 0 radical (unpaired) electrons. The molecule has 206 valence electrons. The third kappa shape index (κ3) is 6.58. The van der Waals surface area contributed by atoms with Crippen LogP contribution in [0.2, 0.25) is 0 Å². The fraction of sp³-hybridized carbons (Fsp3) is 0.273. The highest BCUT2D eigenvalue weighted by Gasteiger charge is 2.18. The van der Waals surface area contributed by atoms with Gasteiger partial charge in [-0.2, -0.15) is 0 Å². The first kappa shape index (κ1) is 29.2. The second-order valence-corrected chi connectivity index (χ2v) is 9.78. The molecule has 0 aliphatic rings. The highest BCUT2D eigenvalue weighted by Crippen LogP contribution is 2.39. The molecule has 4 N–H and O–H groups in total. The number of methoxy groups -OCH3 is 2. The van der Waals surface area contributed by atoms with E-state index in [9.17, 15) is 20.4 Å². The molecule has 0 heterocycles. The van der Waals surface area contributed by atoms with Gasteiger partial charge in [0.25, 0.3) is 0 Å². The molecule has 39 heavy (non-hydrogen) atoms. The molecular weight excluding hydrogens is 492 g/mol. The summed E-state index contributed by atoms with van der Waals surface area (Å²) in [7, 11) is 3.11. The first-order valence-electron chi connectivity index (χ1n) is 12.8. The predicted octanol–water partition coefficient (Wildman–Crippen LogP) is 7.19. The van der Waals surface area contributed by atoms with Gasteiger partial charge in [-0.15, -0.1) is 0 Å². The van der Waals surface area contributed by atoms with Crippen molar-refractivity contribution < 1.29 is 29.9 Å². The lowest BCUT2D eigenvalue weighted by Gasteiger charge is -2.19. The Hall–Kier alpha value is -4.32. The van der Waals surface area contributed by atoms with Crippen LogP contribution in [0.3, 0.4) is 0 Å². The first-order valence-corrected chi connectivity index (χ1v) is 12.8. The Morgan fingerprint density at radius 2 is 0.923 bits per heavy atom. The molecule has 0 spiro atoms. The van der Waals surface area contributed by atoms with Gasteiger partial charge in [0, 0.05) is 5.92 Å². The van der Waals surface area contributed by atoms with E-state index in [2.05, 4.69) is 6.92 Å². The van der Waals surface area contributed by atoms with Gasteiger partial charge in [-0.3, -0.25) is 0 Å². The second-order valence-electron chi connectivity index (χ2n) is 9.78. The third-order valence-corrected chi connectivity index (χ3v) is 7.26. The van der Waals surface area contributed by atoms with E-state index < -0.39 is 0 Å². The van der Waals surface area contributed by atoms with Crippen molar-refractivity contribution in [3.8, 4) is 34.5 Å². The first-order chi connectivity index (χ1) is 18.5. The molecule has 0 aliphatic carbocycles. The van der Waals surface area contributed by atoms with E-state index in [-0.39, 0.29) is 28.9 Å². The maximum atomic E-state index is 10.0. The summed E-state index contributed by atoms with van der Waals surface area (Å²) in [6.07, 6.45) is 0.683. The summed E-state index contributed by atoms with van der Waals surface area (Å²) in [5.41, 5.74) is 8.37. The number of hydrogen-bond acceptors (Lipinski definition) is 6. The van der Waals surface area contributed by atoms with Gasteiger partial charge in [-0.05, 0) is 115 Å². The molecular formula is C33H38O6.